The lowest BCUT2D eigenvalue weighted by Gasteiger charge is -2.21. The minimum Gasteiger partial charge on any atom is -0.489 e. The first-order valence-electron chi connectivity index (χ1n) is 12.1. The monoisotopic (exact) mass is 435 g/mol. The zero-order valence-electron chi connectivity index (χ0n) is 19.1. The maximum Gasteiger partial charge on any atom is 0.262 e. The molecule has 7 heteroatoms. The lowest BCUT2D eigenvalue weighted by Crippen LogP contribution is -2.31. The van der Waals surface area contributed by atoms with Crippen LogP contribution in [0.2, 0.25) is 0 Å². The smallest absolute Gasteiger partial charge is 0.262 e. The molecule has 2 aromatic heterocycles. The van der Waals surface area contributed by atoms with Crippen molar-refractivity contribution >= 4 is 11.0 Å². The molecule has 0 bridgehead atoms. The van der Waals surface area contributed by atoms with Crippen molar-refractivity contribution in [2.75, 3.05) is 20.1 Å². The van der Waals surface area contributed by atoms with Gasteiger partial charge in [0.1, 0.15) is 23.1 Å². The summed E-state index contributed by atoms with van der Waals surface area (Å²) in [7, 11) is 2.15. The number of H-pyrrole nitrogens is 1. The molecule has 3 heterocycles. The number of aromatic nitrogens is 4. The van der Waals surface area contributed by atoms with Gasteiger partial charge in [0, 0.05) is 12.1 Å². The molecule has 5 rings (SSSR count). The van der Waals surface area contributed by atoms with Gasteiger partial charge in [0.25, 0.3) is 5.56 Å². The van der Waals surface area contributed by atoms with Crippen LogP contribution in [0, 0.1) is 0 Å². The van der Waals surface area contributed by atoms with Crippen LogP contribution < -0.4 is 10.3 Å². The van der Waals surface area contributed by atoms with Gasteiger partial charge in [-0.25, -0.2) is 9.67 Å². The van der Waals surface area contributed by atoms with Gasteiger partial charge in [-0.3, -0.25) is 4.79 Å². The second kappa shape index (κ2) is 9.06. The Kier molecular flexibility index (Phi) is 6.00. The van der Waals surface area contributed by atoms with Gasteiger partial charge < -0.3 is 14.6 Å². The summed E-state index contributed by atoms with van der Waals surface area (Å²) in [6, 6.07) is 8.27. The fourth-order valence-electron chi connectivity index (χ4n) is 5.19. The third kappa shape index (κ3) is 4.18. The molecule has 1 saturated carbocycles. The Balaban J connectivity index is 1.50. The Hall–Kier alpha value is -2.67. The van der Waals surface area contributed by atoms with Crippen molar-refractivity contribution in [3.63, 3.8) is 0 Å². The molecule has 1 aliphatic heterocycles. The fourth-order valence-corrected chi connectivity index (χ4v) is 5.19. The van der Waals surface area contributed by atoms with Gasteiger partial charge in [0.2, 0.25) is 0 Å². The van der Waals surface area contributed by atoms with Crippen molar-refractivity contribution in [3.05, 3.63) is 40.3 Å². The first-order chi connectivity index (χ1) is 15.6. The van der Waals surface area contributed by atoms with Gasteiger partial charge in [0.15, 0.2) is 5.65 Å². The molecule has 170 valence electrons. The summed E-state index contributed by atoms with van der Waals surface area (Å²) in [4.78, 5) is 23.3. The van der Waals surface area contributed by atoms with Crippen LogP contribution in [0.5, 0.6) is 5.75 Å². The number of aromatic amines is 1. The van der Waals surface area contributed by atoms with E-state index in [9.17, 15) is 4.79 Å². The minimum atomic E-state index is -0.109. The maximum absolute atomic E-state index is 13.1. The molecule has 0 spiro atoms. The van der Waals surface area contributed by atoms with Gasteiger partial charge in [-0.15, -0.1) is 0 Å². The van der Waals surface area contributed by atoms with Crippen LogP contribution in [0.15, 0.2) is 29.1 Å². The first-order valence-corrected chi connectivity index (χ1v) is 12.1. The molecule has 0 amide bonds. The molecule has 1 aliphatic carbocycles. The third-order valence-electron chi connectivity index (χ3n) is 6.88. The Labute approximate surface area is 188 Å². The molecule has 7 nitrogen and oxygen atoms in total. The van der Waals surface area contributed by atoms with E-state index in [0.29, 0.717) is 22.9 Å². The summed E-state index contributed by atoms with van der Waals surface area (Å²) in [5.74, 6) is 1.40. The summed E-state index contributed by atoms with van der Waals surface area (Å²) in [6.45, 7) is 4.10. The zero-order valence-corrected chi connectivity index (χ0v) is 19.1. The molecule has 2 fully saturated rings. The lowest BCUT2D eigenvalue weighted by atomic mass is 10.1. The van der Waals surface area contributed by atoms with Crippen LogP contribution >= 0.6 is 0 Å². The summed E-state index contributed by atoms with van der Waals surface area (Å²) in [5.41, 5.74) is 2.30. The molecule has 1 aromatic carbocycles. The Morgan fingerprint density at radius 1 is 1.16 bits per heavy atom. The Morgan fingerprint density at radius 2 is 1.97 bits per heavy atom. The quantitative estimate of drug-likeness (QED) is 0.646. The summed E-state index contributed by atoms with van der Waals surface area (Å²) in [5, 5.41) is 5.44. The van der Waals surface area contributed by atoms with Crippen molar-refractivity contribution in [1.29, 1.82) is 0 Å². The number of rotatable bonds is 5. The number of benzene rings is 1. The van der Waals surface area contributed by atoms with E-state index < -0.39 is 0 Å². The average molecular weight is 436 g/mol. The number of aryl methyl sites for hydroxylation is 1. The summed E-state index contributed by atoms with van der Waals surface area (Å²) in [6.07, 6.45) is 8.99. The number of hydrogen-bond acceptors (Lipinski definition) is 5. The van der Waals surface area contributed by atoms with E-state index in [1.165, 1.54) is 25.7 Å². The molecule has 0 radical (unpaired) electrons. The predicted molar refractivity (Wildman–Crippen MR) is 126 cm³/mol. The van der Waals surface area contributed by atoms with E-state index in [-0.39, 0.29) is 11.7 Å². The molecule has 1 atom stereocenters. The van der Waals surface area contributed by atoms with Crippen LogP contribution in [0.25, 0.3) is 22.4 Å². The largest absolute Gasteiger partial charge is 0.489 e. The average Bonchev–Trinajstić information content (AvgIpc) is 3.40. The highest BCUT2D eigenvalue weighted by Crippen LogP contribution is 2.32. The number of likely N-dealkylation sites (tertiary alicyclic amines) is 1. The standard InChI is InChI=1S/C25H33N5O2/c1-3-21-22-24(30(28-21)18-10-4-5-11-18)26-23(27-25(22)31)17-9-8-13-19(15-17)32-20-12-6-7-14-29(2)16-20/h8-9,13,15,18,20H,3-7,10-12,14,16H2,1-2H3,(H,26,27,31). The van der Waals surface area contributed by atoms with Crippen LogP contribution in [0.4, 0.5) is 0 Å². The molecule has 1 N–H and O–H groups in total. The van der Waals surface area contributed by atoms with Gasteiger partial charge in [-0.1, -0.05) is 31.9 Å². The van der Waals surface area contributed by atoms with E-state index in [0.717, 1.165) is 55.8 Å². The molecular weight excluding hydrogens is 402 g/mol. The molecule has 32 heavy (non-hydrogen) atoms. The Bertz CT molecular complexity index is 1140. The van der Waals surface area contributed by atoms with Crippen LogP contribution in [-0.2, 0) is 6.42 Å². The van der Waals surface area contributed by atoms with E-state index in [4.69, 9.17) is 14.8 Å². The minimum absolute atomic E-state index is 0.109. The summed E-state index contributed by atoms with van der Waals surface area (Å²) < 4.78 is 8.35. The summed E-state index contributed by atoms with van der Waals surface area (Å²) >= 11 is 0. The van der Waals surface area contributed by atoms with Crippen molar-refractivity contribution in [1.82, 2.24) is 24.6 Å². The second-order valence-electron chi connectivity index (χ2n) is 9.32. The topological polar surface area (TPSA) is 76.0 Å². The van der Waals surface area contributed by atoms with Gasteiger partial charge in [-0.2, -0.15) is 5.10 Å². The van der Waals surface area contributed by atoms with Crippen LogP contribution in [-0.4, -0.2) is 50.9 Å². The third-order valence-corrected chi connectivity index (χ3v) is 6.88. The molecule has 2 aliphatic rings. The van der Waals surface area contributed by atoms with Gasteiger partial charge >= 0.3 is 0 Å². The highest BCUT2D eigenvalue weighted by molar-refractivity contribution is 5.79. The van der Waals surface area contributed by atoms with Crippen LogP contribution in [0.3, 0.4) is 0 Å². The van der Waals surface area contributed by atoms with Gasteiger partial charge in [0.05, 0.1) is 11.7 Å². The number of nitrogens with one attached hydrogen (secondary N) is 1. The molecule has 3 aromatic rings. The predicted octanol–water partition coefficient (Wildman–Crippen LogP) is 4.33. The number of likely N-dealkylation sites (N-methyl/N-ethyl adjacent to an activating group) is 1. The van der Waals surface area contributed by atoms with E-state index in [1.807, 2.05) is 35.9 Å². The lowest BCUT2D eigenvalue weighted by molar-refractivity contribution is 0.156. The highest BCUT2D eigenvalue weighted by Gasteiger charge is 2.24. The van der Waals surface area contributed by atoms with Crippen molar-refractivity contribution in [2.24, 2.45) is 0 Å². The zero-order chi connectivity index (χ0) is 22.1. The van der Waals surface area contributed by atoms with E-state index in [1.54, 1.807) is 0 Å². The molecule has 1 unspecified atom stereocenters. The SMILES string of the molecule is CCc1nn(C2CCCC2)c2nc(-c3cccc(OC4CCCCN(C)C4)c3)[nH]c(=O)c12. The number of nitrogens with zero attached hydrogens (tertiary/aromatic N) is 4. The van der Waals surface area contributed by atoms with Crippen molar-refractivity contribution in [3.8, 4) is 17.1 Å². The second-order valence-corrected chi connectivity index (χ2v) is 9.32. The van der Waals surface area contributed by atoms with Gasteiger partial charge in [-0.05, 0) is 64.3 Å². The molecular formula is C25H33N5O2. The maximum atomic E-state index is 13.1. The van der Waals surface area contributed by atoms with E-state index in [2.05, 4.69) is 16.9 Å². The fraction of sp³-hybridized carbons (Fsp3) is 0.560. The Morgan fingerprint density at radius 3 is 2.78 bits per heavy atom. The van der Waals surface area contributed by atoms with Crippen LogP contribution in [0.1, 0.15) is 63.6 Å². The number of hydrogen-bond donors (Lipinski definition) is 1. The highest BCUT2D eigenvalue weighted by atomic mass is 16.5. The first kappa shape index (κ1) is 21.2. The normalized spacial score (nSPS) is 20.6. The molecule has 1 saturated heterocycles. The van der Waals surface area contributed by atoms with Crippen molar-refractivity contribution in [2.45, 2.75) is 70.4 Å². The van der Waals surface area contributed by atoms with E-state index >= 15 is 0 Å². The number of ether oxygens (including phenoxy) is 1. The number of fused-ring (bicyclic) bond motifs is 1. The van der Waals surface area contributed by atoms with Crippen molar-refractivity contribution < 1.29 is 4.74 Å².